The first-order chi connectivity index (χ1) is 17.3. The molecule has 2 aromatic carbocycles. The van der Waals surface area contributed by atoms with Crippen LogP contribution in [0.4, 0.5) is 5.69 Å². The summed E-state index contributed by atoms with van der Waals surface area (Å²) in [4.78, 5) is 28.2. The summed E-state index contributed by atoms with van der Waals surface area (Å²) >= 11 is 0. The Morgan fingerprint density at radius 3 is 2.42 bits per heavy atom. The van der Waals surface area contributed by atoms with Gasteiger partial charge in [0.05, 0.1) is 11.4 Å². The van der Waals surface area contributed by atoms with Crippen LogP contribution in [0.15, 0.2) is 48.5 Å². The summed E-state index contributed by atoms with van der Waals surface area (Å²) in [7, 11) is -3.80. The summed E-state index contributed by atoms with van der Waals surface area (Å²) < 4.78 is 37.9. The number of nitrogens with one attached hydrogen (secondary N) is 1. The van der Waals surface area contributed by atoms with Crippen LogP contribution in [0.2, 0.25) is 0 Å². The zero-order valence-electron chi connectivity index (χ0n) is 21.1. The van der Waals surface area contributed by atoms with Gasteiger partial charge in [-0.3, -0.25) is 13.9 Å². The van der Waals surface area contributed by atoms with Crippen molar-refractivity contribution in [2.75, 3.05) is 36.5 Å². The van der Waals surface area contributed by atoms with Gasteiger partial charge in [0, 0.05) is 19.2 Å². The highest BCUT2D eigenvalue weighted by atomic mass is 32.2. The molecule has 196 valence electrons. The lowest BCUT2D eigenvalue weighted by atomic mass is 10.1. The molecule has 2 aromatic rings. The number of hydrogen-bond acceptors (Lipinski definition) is 6. The molecular formula is C26H35N3O6S. The van der Waals surface area contributed by atoms with Gasteiger partial charge in [0.25, 0.3) is 0 Å². The van der Waals surface area contributed by atoms with Crippen LogP contribution in [-0.2, 0) is 26.0 Å². The summed E-state index contributed by atoms with van der Waals surface area (Å²) in [6.45, 7) is 5.74. The van der Waals surface area contributed by atoms with Gasteiger partial charge in [-0.05, 0) is 43.9 Å². The summed E-state index contributed by atoms with van der Waals surface area (Å²) in [5.74, 6) is 0.0601. The predicted molar refractivity (Wildman–Crippen MR) is 139 cm³/mol. The Hall–Kier alpha value is -3.27. The normalized spacial score (nSPS) is 13.2. The third-order valence-corrected chi connectivity index (χ3v) is 7.78. The number of anilines is 1. The highest BCUT2D eigenvalue weighted by Gasteiger charge is 2.32. The maximum Gasteiger partial charge on any atom is 0.244 e. The SMILES string of the molecule is CCCNC(=O)[C@H](CC)N(CCc1ccccc1)C(=O)CN(c1ccc2c(c1)OCO2)S(=O)(=O)CC. The van der Waals surface area contributed by atoms with E-state index >= 15 is 0 Å². The Morgan fingerprint density at radius 2 is 1.75 bits per heavy atom. The van der Waals surface area contributed by atoms with Crippen LogP contribution in [0, 0.1) is 0 Å². The Bertz CT molecular complexity index is 1140. The highest BCUT2D eigenvalue weighted by Crippen LogP contribution is 2.36. The number of carbonyl (C=O) groups is 2. The van der Waals surface area contributed by atoms with Gasteiger partial charge in [0.15, 0.2) is 11.5 Å². The van der Waals surface area contributed by atoms with Crippen molar-refractivity contribution < 1.29 is 27.5 Å². The van der Waals surface area contributed by atoms with Gasteiger partial charge in [-0.15, -0.1) is 0 Å². The molecule has 3 rings (SSSR count). The van der Waals surface area contributed by atoms with E-state index in [4.69, 9.17) is 9.47 Å². The Balaban J connectivity index is 1.90. The lowest BCUT2D eigenvalue weighted by molar-refractivity contribution is -0.139. The van der Waals surface area contributed by atoms with Crippen molar-refractivity contribution in [2.24, 2.45) is 0 Å². The second-order valence-corrected chi connectivity index (χ2v) is 10.7. The van der Waals surface area contributed by atoms with E-state index in [0.29, 0.717) is 36.6 Å². The fourth-order valence-electron chi connectivity index (χ4n) is 4.02. The van der Waals surface area contributed by atoms with E-state index in [1.54, 1.807) is 18.2 Å². The van der Waals surface area contributed by atoms with Crippen LogP contribution in [0.1, 0.15) is 39.2 Å². The standard InChI is InChI=1S/C26H35N3O6S/c1-4-15-27-26(31)22(5-2)28(16-14-20-10-8-7-9-11-20)25(30)18-29(36(32,33)6-3)21-12-13-23-24(17-21)35-19-34-23/h7-13,17,22H,4-6,14-16,18-19H2,1-3H3,(H,27,31)/t22-/m0/s1. The van der Waals surface area contributed by atoms with E-state index in [1.807, 2.05) is 44.2 Å². The van der Waals surface area contributed by atoms with Crippen molar-refractivity contribution in [2.45, 2.75) is 46.1 Å². The van der Waals surface area contributed by atoms with Crippen molar-refractivity contribution in [1.29, 1.82) is 0 Å². The van der Waals surface area contributed by atoms with E-state index in [0.717, 1.165) is 16.3 Å². The van der Waals surface area contributed by atoms with E-state index < -0.39 is 28.5 Å². The molecule has 0 saturated heterocycles. The minimum Gasteiger partial charge on any atom is -0.454 e. The Morgan fingerprint density at radius 1 is 1.03 bits per heavy atom. The number of ether oxygens (including phenoxy) is 2. The molecule has 1 N–H and O–H groups in total. The first-order valence-electron chi connectivity index (χ1n) is 12.3. The molecule has 1 atom stereocenters. The number of carbonyl (C=O) groups excluding carboxylic acids is 2. The lowest BCUT2D eigenvalue weighted by Gasteiger charge is -2.33. The molecule has 0 fully saturated rings. The number of fused-ring (bicyclic) bond motifs is 1. The maximum absolute atomic E-state index is 13.7. The van der Waals surface area contributed by atoms with Gasteiger partial charge < -0.3 is 19.7 Å². The number of benzene rings is 2. The van der Waals surface area contributed by atoms with Gasteiger partial charge in [-0.25, -0.2) is 8.42 Å². The topological polar surface area (TPSA) is 105 Å². The van der Waals surface area contributed by atoms with Crippen molar-refractivity contribution in [3.8, 4) is 11.5 Å². The largest absolute Gasteiger partial charge is 0.454 e. The fraction of sp³-hybridized carbons (Fsp3) is 0.462. The number of sulfonamides is 1. The number of rotatable bonds is 13. The van der Waals surface area contributed by atoms with Gasteiger partial charge in [0.1, 0.15) is 12.6 Å². The van der Waals surface area contributed by atoms with Crippen molar-refractivity contribution in [3.05, 3.63) is 54.1 Å². The third-order valence-electron chi connectivity index (χ3n) is 6.04. The second-order valence-electron chi connectivity index (χ2n) is 8.48. The molecule has 0 aliphatic carbocycles. The predicted octanol–water partition coefficient (Wildman–Crippen LogP) is 2.95. The van der Waals surface area contributed by atoms with Crippen LogP contribution >= 0.6 is 0 Å². The number of nitrogens with zero attached hydrogens (tertiary/aromatic N) is 2. The van der Waals surface area contributed by atoms with Crippen LogP contribution in [0.25, 0.3) is 0 Å². The maximum atomic E-state index is 13.7. The van der Waals surface area contributed by atoms with Crippen LogP contribution < -0.4 is 19.1 Å². The quantitative estimate of drug-likeness (QED) is 0.438. The highest BCUT2D eigenvalue weighted by molar-refractivity contribution is 7.92. The fourth-order valence-corrected chi connectivity index (χ4v) is 5.08. The van der Waals surface area contributed by atoms with Gasteiger partial charge in [-0.1, -0.05) is 44.2 Å². The first kappa shape index (κ1) is 27.3. The average Bonchev–Trinajstić information content (AvgIpc) is 3.36. The smallest absolute Gasteiger partial charge is 0.244 e. The molecule has 0 saturated carbocycles. The van der Waals surface area contributed by atoms with E-state index in [2.05, 4.69) is 5.32 Å². The van der Waals surface area contributed by atoms with Crippen molar-refractivity contribution in [1.82, 2.24) is 10.2 Å². The number of hydrogen-bond donors (Lipinski definition) is 1. The molecule has 0 radical (unpaired) electrons. The zero-order valence-corrected chi connectivity index (χ0v) is 21.9. The van der Waals surface area contributed by atoms with Gasteiger partial charge in [0.2, 0.25) is 28.6 Å². The van der Waals surface area contributed by atoms with E-state index in [1.165, 1.54) is 11.8 Å². The van der Waals surface area contributed by atoms with E-state index in [9.17, 15) is 18.0 Å². The molecule has 9 nitrogen and oxygen atoms in total. The van der Waals surface area contributed by atoms with Crippen LogP contribution in [-0.4, -0.2) is 63.4 Å². The molecule has 1 heterocycles. The van der Waals surface area contributed by atoms with Gasteiger partial charge >= 0.3 is 0 Å². The summed E-state index contributed by atoms with van der Waals surface area (Å²) in [5.41, 5.74) is 1.33. The molecule has 0 spiro atoms. The molecular weight excluding hydrogens is 482 g/mol. The Labute approximate surface area is 213 Å². The molecule has 0 bridgehead atoms. The molecule has 36 heavy (non-hydrogen) atoms. The third kappa shape index (κ3) is 6.69. The van der Waals surface area contributed by atoms with E-state index in [-0.39, 0.29) is 25.0 Å². The summed E-state index contributed by atoms with van der Waals surface area (Å²) in [6, 6.07) is 13.7. The van der Waals surface area contributed by atoms with Crippen LogP contribution in [0.3, 0.4) is 0 Å². The first-order valence-corrected chi connectivity index (χ1v) is 13.9. The molecule has 0 unspecified atom stereocenters. The van der Waals surface area contributed by atoms with Crippen molar-refractivity contribution >= 4 is 27.5 Å². The molecule has 1 aliphatic heterocycles. The zero-order chi connectivity index (χ0) is 26.1. The van der Waals surface area contributed by atoms with Crippen molar-refractivity contribution in [3.63, 3.8) is 0 Å². The molecule has 2 amide bonds. The minimum absolute atomic E-state index is 0.0521. The van der Waals surface area contributed by atoms with Gasteiger partial charge in [-0.2, -0.15) is 0 Å². The molecule has 0 aromatic heterocycles. The average molecular weight is 518 g/mol. The number of amides is 2. The molecule has 1 aliphatic rings. The minimum atomic E-state index is -3.80. The monoisotopic (exact) mass is 517 g/mol. The summed E-state index contributed by atoms with van der Waals surface area (Å²) in [6.07, 6.45) is 1.71. The van der Waals surface area contributed by atoms with Crippen LogP contribution in [0.5, 0.6) is 11.5 Å². The lowest BCUT2D eigenvalue weighted by Crippen LogP contribution is -2.53. The second kappa shape index (κ2) is 12.6. The Kier molecular flexibility index (Phi) is 9.58. The summed E-state index contributed by atoms with van der Waals surface area (Å²) in [5, 5.41) is 2.88. The molecule has 10 heteroatoms.